The molecule has 1 amide bonds. The first-order valence-corrected chi connectivity index (χ1v) is 8.78. The average molecular weight is 336 g/mol. The highest BCUT2D eigenvalue weighted by Crippen LogP contribution is 2.38. The Morgan fingerprint density at radius 1 is 1.38 bits per heavy atom. The maximum Gasteiger partial charge on any atom is 0.410 e. The van der Waals surface area contributed by atoms with Crippen LogP contribution in [0.2, 0.25) is 0 Å². The van der Waals surface area contributed by atoms with E-state index >= 15 is 0 Å². The molecule has 0 N–H and O–H groups in total. The monoisotopic (exact) mass is 336 g/mol. The predicted octanol–water partition coefficient (Wildman–Crippen LogP) is 2.95. The van der Waals surface area contributed by atoms with Gasteiger partial charge in [0.25, 0.3) is 0 Å². The first-order chi connectivity index (χ1) is 11.2. The van der Waals surface area contributed by atoms with Crippen LogP contribution >= 0.6 is 0 Å². The van der Waals surface area contributed by atoms with Crippen LogP contribution in [0, 0.1) is 0 Å². The summed E-state index contributed by atoms with van der Waals surface area (Å²) in [5.41, 5.74) is -0.472. The van der Waals surface area contributed by atoms with Crippen LogP contribution in [-0.2, 0) is 4.74 Å². The van der Waals surface area contributed by atoms with Crippen molar-refractivity contribution in [1.82, 2.24) is 19.9 Å². The lowest BCUT2D eigenvalue weighted by Gasteiger charge is -2.29. The third-order valence-electron chi connectivity index (χ3n) is 4.73. The van der Waals surface area contributed by atoms with Gasteiger partial charge >= 0.3 is 6.09 Å². The molecule has 0 unspecified atom stereocenters. The van der Waals surface area contributed by atoms with Gasteiger partial charge in [0.15, 0.2) is 5.82 Å². The average Bonchev–Trinajstić information content (AvgIpc) is 3.04. The van der Waals surface area contributed by atoms with E-state index in [9.17, 15) is 4.79 Å². The van der Waals surface area contributed by atoms with Gasteiger partial charge in [-0.1, -0.05) is 5.16 Å². The molecule has 1 aliphatic heterocycles. The van der Waals surface area contributed by atoms with Crippen molar-refractivity contribution in [1.29, 1.82) is 0 Å². The van der Waals surface area contributed by atoms with E-state index in [1.165, 1.54) is 12.8 Å². The van der Waals surface area contributed by atoms with Crippen LogP contribution in [0.25, 0.3) is 0 Å². The number of nitrogens with zero attached hydrogens (tertiary/aromatic N) is 4. The van der Waals surface area contributed by atoms with Crippen LogP contribution in [-0.4, -0.2) is 57.8 Å². The molecule has 2 atom stereocenters. The van der Waals surface area contributed by atoms with Crippen LogP contribution in [0.5, 0.6) is 0 Å². The lowest BCUT2D eigenvalue weighted by molar-refractivity contribution is 0.0224. The SMILES string of the molecule is C[C@@H](c1nc(C2CC2)no1)N1CC[C@@H](N(C)C(=O)OC(C)(C)C)C1. The van der Waals surface area contributed by atoms with Gasteiger partial charge in [-0.3, -0.25) is 4.90 Å². The van der Waals surface area contributed by atoms with Gasteiger partial charge in [-0.05, 0) is 47.0 Å². The number of hydrogen-bond acceptors (Lipinski definition) is 6. The van der Waals surface area contributed by atoms with Crippen molar-refractivity contribution >= 4 is 6.09 Å². The van der Waals surface area contributed by atoms with Gasteiger partial charge in [-0.25, -0.2) is 4.79 Å². The molecule has 2 fully saturated rings. The summed E-state index contributed by atoms with van der Waals surface area (Å²) in [4.78, 5) is 20.8. The highest BCUT2D eigenvalue weighted by molar-refractivity contribution is 5.68. The number of aromatic nitrogens is 2. The summed E-state index contributed by atoms with van der Waals surface area (Å²) in [6.07, 6.45) is 2.99. The van der Waals surface area contributed by atoms with Crippen molar-refractivity contribution in [2.75, 3.05) is 20.1 Å². The maximum atomic E-state index is 12.2. The van der Waals surface area contributed by atoms with Crippen molar-refractivity contribution in [2.24, 2.45) is 0 Å². The number of ether oxygens (including phenoxy) is 1. The minimum Gasteiger partial charge on any atom is -0.444 e. The Hall–Kier alpha value is -1.63. The fourth-order valence-electron chi connectivity index (χ4n) is 3.00. The van der Waals surface area contributed by atoms with E-state index < -0.39 is 5.60 Å². The molecule has 0 aromatic carbocycles. The zero-order chi connectivity index (χ0) is 17.5. The molecule has 3 rings (SSSR count). The number of hydrogen-bond donors (Lipinski definition) is 0. The van der Waals surface area contributed by atoms with E-state index in [2.05, 4.69) is 22.0 Å². The van der Waals surface area contributed by atoms with Crippen LogP contribution in [0.15, 0.2) is 4.52 Å². The Labute approximate surface area is 143 Å². The molecule has 1 aliphatic carbocycles. The van der Waals surface area contributed by atoms with Crippen LogP contribution in [0.1, 0.15) is 70.6 Å². The van der Waals surface area contributed by atoms with Gasteiger partial charge in [0, 0.05) is 32.1 Å². The molecule has 1 saturated heterocycles. The number of amides is 1. The van der Waals surface area contributed by atoms with E-state index in [-0.39, 0.29) is 18.2 Å². The topological polar surface area (TPSA) is 71.7 Å². The maximum absolute atomic E-state index is 12.2. The molecule has 0 bridgehead atoms. The standard InChI is InChI=1S/C17H28N4O3/c1-11(15-18-14(19-24-15)12-6-7-12)21-9-8-13(10-21)20(5)16(22)23-17(2,3)4/h11-13H,6-10H2,1-5H3/t11-,13+/m0/s1. The van der Waals surface area contributed by atoms with E-state index in [1.807, 2.05) is 27.8 Å². The molecule has 1 aromatic rings. The Morgan fingerprint density at radius 2 is 2.08 bits per heavy atom. The fraction of sp³-hybridized carbons (Fsp3) is 0.824. The lowest BCUT2D eigenvalue weighted by Crippen LogP contribution is -2.42. The van der Waals surface area contributed by atoms with Crippen LogP contribution in [0.3, 0.4) is 0 Å². The predicted molar refractivity (Wildman–Crippen MR) is 88.7 cm³/mol. The van der Waals surface area contributed by atoms with Gasteiger partial charge < -0.3 is 14.2 Å². The van der Waals surface area contributed by atoms with E-state index in [1.54, 1.807) is 4.90 Å². The second-order valence-electron chi connectivity index (χ2n) is 7.97. The molecule has 2 aliphatic rings. The molecule has 2 heterocycles. The fourth-order valence-corrected chi connectivity index (χ4v) is 3.00. The highest BCUT2D eigenvalue weighted by atomic mass is 16.6. The summed E-state index contributed by atoms with van der Waals surface area (Å²) in [5, 5.41) is 4.10. The molecule has 134 valence electrons. The zero-order valence-corrected chi connectivity index (χ0v) is 15.3. The molecule has 7 heteroatoms. The molecular formula is C17H28N4O3. The van der Waals surface area contributed by atoms with Crippen molar-refractivity contribution in [3.8, 4) is 0 Å². The summed E-state index contributed by atoms with van der Waals surface area (Å²) in [6.45, 7) is 9.43. The van der Waals surface area contributed by atoms with Crippen molar-refractivity contribution in [2.45, 2.75) is 70.6 Å². The third kappa shape index (κ3) is 3.88. The first-order valence-electron chi connectivity index (χ1n) is 8.78. The largest absolute Gasteiger partial charge is 0.444 e. The van der Waals surface area contributed by atoms with Gasteiger partial charge in [0.05, 0.1) is 6.04 Å². The number of carbonyl (C=O) groups is 1. The Bertz CT molecular complexity index is 591. The first kappa shape index (κ1) is 17.2. The second-order valence-corrected chi connectivity index (χ2v) is 7.97. The molecule has 0 radical (unpaired) electrons. The smallest absolute Gasteiger partial charge is 0.410 e. The second kappa shape index (κ2) is 6.35. The highest BCUT2D eigenvalue weighted by Gasteiger charge is 2.35. The van der Waals surface area contributed by atoms with E-state index in [0.717, 1.165) is 25.3 Å². The van der Waals surface area contributed by atoms with Crippen LogP contribution in [0.4, 0.5) is 4.79 Å². The number of rotatable bonds is 4. The van der Waals surface area contributed by atoms with Gasteiger partial charge in [0.1, 0.15) is 5.60 Å². The molecule has 24 heavy (non-hydrogen) atoms. The van der Waals surface area contributed by atoms with Crippen molar-refractivity contribution in [3.63, 3.8) is 0 Å². The number of carbonyl (C=O) groups excluding carboxylic acids is 1. The minimum absolute atomic E-state index is 0.0713. The Balaban J connectivity index is 1.56. The van der Waals surface area contributed by atoms with Gasteiger partial charge in [-0.2, -0.15) is 4.98 Å². The normalized spacial score (nSPS) is 23.3. The minimum atomic E-state index is -0.472. The lowest BCUT2D eigenvalue weighted by atomic mass is 10.2. The van der Waals surface area contributed by atoms with Crippen LogP contribution < -0.4 is 0 Å². The van der Waals surface area contributed by atoms with E-state index in [0.29, 0.717) is 11.8 Å². The molecule has 0 spiro atoms. The third-order valence-corrected chi connectivity index (χ3v) is 4.73. The van der Waals surface area contributed by atoms with Crippen molar-refractivity contribution in [3.05, 3.63) is 11.7 Å². The summed E-state index contributed by atoms with van der Waals surface area (Å²) < 4.78 is 10.9. The molecule has 1 saturated carbocycles. The number of likely N-dealkylation sites (tertiary alicyclic amines) is 1. The number of likely N-dealkylation sites (N-methyl/N-ethyl adjacent to an activating group) is 1. The summed E-state index contributed by atoms with van der Waals surface area (Å²) in [6, 6.07) is 0.218. The van der Waals surface area contributed by atoms with Gasteiger partial charge in [-0.15, -0.1) is 0 Å². The Kier molecular flexibility index (Phi) is 4.55. The zero-order valence-electron chi connectivity index (χ0n) is 15.3. The summed E-state index contributed by atoms with van der Waals surface area (Å²) in [7, 11) is 1.81. The van der Waals surface area contributed by atoms with Crippen molar-refractivity contribution < 1.29 is 14.1 Å². The summed E-state index contributed by atoms with van der Waals surface area (Å²) >= 11 is 0. The van der Waals surface area contributed by atoms with Gasteiger partial charge in [0.2, 0.25) is 5.89 Å². The molecule has 7 nitrogen and oxygen atoms in total. The molecule has 1 aromatic heterocycles. The summed E-state index contributed by atoms with van der Waals surface area (Å²) in [5.74, 6) is 2.02. The van der Waals surface area contributed by atoms with E-state index in [4.69, 9.17) is 9.26 Å². The molecular weight excluding hydrogens is 308 g/mol. The quantitative estimate of drug-likeness (QED) is 0.842. The Morgan fingerprint density at radius 3 is 2.71 bits per heavy atom.